The standard InChI is InChI=1S/C15H21N/c1-12(2)15-11-16(3)10-9-14(15)13-7-5-4-6-8-13/h4-8,14H,9-11H2,1-3H3/t14-/m1/s1. The molecule has 2 rings (SSSR count). The van der Waals surface area contributed by atoms with E-state index in [1.54, 1.807) is 5.57 Å². The first kappa shape index (κ1) is 11.4. The fraction of sp³-hybridized carbons (Fsp3) is 0.467. The molecule has 1 aliphatic rings. The van der Waals surface area contributed by atoms with E-state index in [1.807, 2.05) is 0 Å². The highest BCUT2D eigenvalue weighted by Crippen LogP contribution is 2.33. The van der Waals surface area contributed by atoms with Crippen molar-refractivity contribution >= 4 is 0 Å². The summed E-state index contributed by atoms with van der Waals surface area (Å²) >= 11 is 0. The number of hydrogen-bond donors (Lipinski definition) is 0. The van der Waals surface area contributed by atoms with E-state index in [2.05, 4.69) is 56.1 Å². The lowest BCUT2D eigenvalue weighted by Crippen LogP contribution is -2.32. The zero-order valence-electron chi connectivity index (χ0n) is 10.5. The van der Waals surface area contributed by atoms with Gasteiger partial charge in [0.2, 0.25) is 0 Å². The molecule has 1 atom stereocenters. The Bertz CT molecular complexity index is 374. The molecular weight excluding hydrogens is 194 g/mol. The summed E-state index contributed by atoms with van der Waals surface area (Å²) in [6.45, 7) is 6.81. The summed E-state index contributed by atoms with van der Waals surface area (Å²) in [6, 6.07) is 10.9. The van der Waals surface area contributed by atoms with E-state index in [0.29, 0.717) is 5.92 Å². The number of benzene rings is 1. The maximum Gasteiger partial charge on any atom is 0.0198 e. The van der Waals surface area contributed by atoms with Crippen LogP contribution in [0, 0.1) is 0 Å². The van der Waals surface area contributed by atoms with Crippen molar-refractivity contribution in [3.8, 4) is 0 Å². The van der Waals surface area contributed by atoms with Gasteiger partial charge in [-0.25, -0.2) is 0 Å². The Hall–Kier alpha value is -1.08. The van der Waals surface area contributed by atoms with Crippen LogP contribution < -0.4 is 0 Å². The lowest BCUT2D eigenvalue weighted by Gasteiger charge is -2.33. The van der Waals surface area contributed by atoms with Gasteiger partial charge in [-0.2, -0.15) is 0 Å². The van der Waals surface area contributed by atoms with Gasteiger partial charge in [-0.15, -0.1) is 0 Å². The minimum absolute atomic E-state index is 0.641. The van der Waals surface area contributed by atoms with Crippen molar-refractivity contribution in [2.75, 3.05) is 20.1 Å². The van der Waals surface area contributed by atoms with Crippen LogP contribution in [0.5, 0.6) is 0 Å². The molecule has 1 aromatic carbocycles. The Morgan fingerprint density at radius 2 is 1.88 bits per heavy atom. The molecule has 0 saturated carbocycles. The van der Waals surface area contributed by atoms with Crippen LogP contribution in [-0.4, -0.2) is 25.0 Å². The Kier molecular flexibility index (Phi) is 3.45. The highest BCUT2D eigenvalue weighted by atomic mass is 15.1. The summed E-state index contributed by atoms with van der Waals surface area (Å²) < 4.78 is 0. The second-order valence-corrected chi connectivity index (χ2v) is 5.01. The molecule has 0 amide bonds. The molecule has 1 aliphatic heterocycles. The summed E-state index contributed by atoms with van der Waals surface area (Å²) in [4.78, 5) is 2.42. The molecule has 0 aliphatic carbocycles. The van der Waals surface area contributed by atoms with Gasteiger partial charge in [0, 0.05) is 12.5 Å². The highest BCUT2D eigenvalue weighted by Gasteiger charge is 2.23. The van der Waals surface area contributed by atoms with Crippen LogP contribution in [-0.2, 0) is 0 Å². The lowest BCUT2D eigenvalue weighted by atomic mass is 9.83. The third-order valence-electron chi connectivity index (χ3n) is 3.50. The van der Waals surface area contributed by atoms with Gasteiger partial charge >= 0.3 is 0 Å². The number of piperidine rings is 1. The molecule has 0 spiro atoms. The lowest BCUT2D eigenvalue weighted by molar-refractivity contribution is 0.304. The van der Waals surface area contributed by atoms with Crippen LogP contribution in [0.4, 0.5) is 0 Å². The Morgan fingerprint density at radius 3 is 2.50 bits per heavy atom. The average Bonchev–Trinajstić information content (AvgIpc) is 2.30. The maximum absolute atomic E-state index is 2.42. The van der Waals surface area contributed by atoms with E-state index in [9.17, 15) is 0 Å². The van der Waals surface area contributed by atoms with Crippen LogP contribution >= 0.6 is 0 Å². The largest absolute Gasteiger partial charge is 0.302 e. The minimum Gasteiger partial charge on any atom is -0.302 e. The van der Waals surface area contributed by atoms with E-state index in [-0.39, 0.29) is 0 Å². The van der Waals surface area contributed by atoms with E-state index >= 15 is 0 Å². The predicted octanol–water partition coefficient (Wildman–Crippen LogP) is 3.44. The second kappa shape index (κ2) is 4.84. The summed E-state index contributed by atoms with van der Waals surface area (Å²) in [6.07, 6.45) is 1.25. The number of rotatable bonds is 1. The molecule has 1 heterocycles. The topological polar surface area (TPSA) is 3.24 Å². The van der Waals surface area contributed by atoms with Crippen molar-refractivity contribution in [2.24, 2.45) is 0 Å². The van der Waals surface area contributed by atoms with Gasteiger partial charge < -0.3 is 4.90 Å². The van der Waals surface area contributed by atoms with Crippen LogP contribution in [0.15, 0.2) is 41.5 Å². The van der Waals surface area contributed by atoms with Crippen LogP contribution in [0.2, 0.25) is 0 Å². The fourth-order valence-corrected chi connectivity index (χ4v) is 2.56. The summed E-state index contributed by atoms with van der Waals surface area (Å²) in [7, 11) is 2.21. The van der Waals surface area contributed by atoms with Gasteiger partial charge in [0.15, 0.2) is 0 Å². The fourth-order valence-electron chi connectivity index (χ4n) is 2.56. The van der Waals surface area contributed by atoms with E-state index in [0.717, 1.165) is 6.54 Å². The van der Waals surface area contributed by atoms with Crippen molar-refractivity contribution in [3.05, 3.63) is 47.0 Å². The summed E-state index contributed by atoms with van der Waals surface area (Å²) in [5.41, 5.74) is 4.58. The van der Waals surface area contributed by atoms with Gasteiger partial charge in [-0.05, 0) is 39.4 Å². The molecule has 0 bridgehead atoms. The molecule has 0 radical (unpaired) electrons. The molecule has 1 heteroatoms. The second-order valence-electron chi connectivity index (χ2n) is 5.01. The van der Waals surface area contributed by atoms with E-state index in [4.69, 9.17) is 0 Å². The monoisotopic (exact) mass is 215 g/mol. The SMILES string of the molecule is CC(C)=C1CN(C)CC[C@@H]1c1ccccc1. The quantitative estimate of drug-likeness (QED) is 0.649. The first-order chi connectivity index (χ1) is 7.68. The Morgan fingerprint density at radius 1 is 1.19 bits per heavy atom. The van der Waals surface area contributed by atoms with Crippen molar-refractivity contribution < 1.29 is 0 Å². The van der Waals surface area contributed by atoms with Crippen molar-refractivity contribution in [2.45, 2.75) is 26.2 Å². The maximum atomic E-state index is 2.42. The zero-order valence-corrected chi connectivity index (χ0v) is 10.5. The van der Waals surface area contributed by atoms with Gasteiger partial charge in [0.1, 0.15) is 0 Å². The average molecular weight is 215 g/mol. The Balaban J connectivity index is 2.30. The molecule has 0 N–H and O–H groups in total. The zero-order chi connectivity index (χ0) is 11.5. The van der Waals surface area contributed by atoms with Crippen LogP contribution in [0.25, 0.3) is 0 Å². The number of nitrogens with zero attached hydrogens (tertiary/aromatic N) is 1. The number of likely N-dealkylation sites (tertiary alicyclic amines) is 1. The van der Waals surface area contributed by atoms with Gasteiger partial charge in [0.25, 0.3) is 0 Å². The van der Waals surface area contributed by atoms with Crippen molar-refractivity contribution in [1.82, 2.24) is 4.90 Å². The third kappa shape index (κ3) is 2.35. The molecular formula is C15H21N. The molecule has 0 aromatic heterocycles. The predicted molar refractivity (Wildman–Crippen MR) is 69.7 cm³/mol. The normalized spacial score (nSPS) is 22.2. The molecule has 0 unspecified atom stereocenters. The van der Waals surface area contributed by atoms with Gasteiger partial charge in [-0.1, -0.05) is 41.5 Å². The van der Waals surface area contributed by atoms with E-state index in [1.165, 1.54) is 24.1 Å². The highest BCUT2D eigenvalue weighted by molar-refractivity contribution is 5.33. The third-order valence-corrected chi connectivity index (χ3v) is 3.50. The smallest absolute Gasteiger partial charge is 0.0198 e. The minimum atomic E-state index is 0.641. The number of hydrogen-bond acceptors (Lipinski definition) is 1. The summed E-state index contributed by atoms with van der Waals surface area (Å²) in [5, 5.41) is 0. The van der Waals surface area contributed by atoms with Gasteiger partial charge in [-0.3, -0.25) is 0 Å². The molecule has 1 aromatic rings. The molecule has 16 heavy (non-hydrogen) atoms. The number of likely N-dealkylation sites (N-methyl/N-ethyl adjacent to an activating group) is 1. The van der Waals surface area contributed by atoms with Gasteiger partial charge in [0.05, 0.1) is 0 Å². The van der Waals surface area contributed by atoms with Crippen LogP contribution in [0.1, 0.15) is 31.7 Å². The van der Waals surface area contributed by atoms with Crippen molar-refractivity contribution in [3.63, 3.8) is 0 Å². The first-order valence-electron chi connectivity index (χ1n) is 6.08. The van der Waals surface area contributed by atoms with Crippen molar-refractivity contribution in [1.29, 1.82) is 0 Å². The first-order valence-corrected chi connectivity index (χ1v) is 6.08. The molecule has 1 fully saturated rings. The van der Waals surface area contributed by atoms with Crippen LogP contribution in [0.3, 0.4) is 0 Å². The Labute approximate surface area is 98.8 Å². The molecule has 1 nitrogen and oxygen atoms in total. The van der Waals surface area contributed by atoms with E-state index < -0.39 is 0 Å². The molecule has 86 valence electrons. The summed E-state index contributed by atoms with van der Waals surface area (Å²) in [5.74, 6) is 0.641. The number of allylic oxidation sites excluding steroid dienone is 1. The molecule has 1 saturated heterocycles.